The van der Waals surface area contributed by atoms with Crippen molar-refractivity contribution in [2.75, 3.05) is 23.8 Å². The van der Waals surface area contributed by atoms with Gasteiger partial charge < -0.3 is 15.0 Å². The molecule has 0 saturated heterocycles. The van der Waals surface area contributed by atoms with E-state index in [1.807, 2.05) is 4.98 Å². The van der Waals surface area contributed by atoms with Crippen LogP contribution in [0.25, 0.3) is 0 Å². The summed E-state index contributed by atoms with van der Waals surface area (Å²) in [7, 11) is -1.27. The molecule has 0 fully saturated rings. The molecular weight excluding hydrogens is 463 g/mol. The van der Waals surface area contributed by atoms with E-state index in [1.54, 1.807) is 24.3 Å². The molecule has 0 radical (unpaired) electrons. The SMILES string of the molecule is COc1ccccc1N(C)S(=O)(=O)c1ccc(C(=O)Nc2cc(C(F)(F)F)c[nH]c2=O)cc1. The van der Waals surface area contributed by atoms with Crippen molar-refractivity contribution in [2.45, 2.75) is 11.1 Å². The number of aromatic nitrogens is 1. The van der Waals surface area contributed by atoms with Gasteiger partial charge in [0.2, 0.25) is 0 Å². The minimum atomic E-state index is -4.72. The average Bonchev–Trinajstić information content (AvgIpc) is 2.79. The van der Waals surface area contributed by atoms with Gasteiger partial charge in [0.05, 0.1) is 23.3 Å². The van der Waals surface area contributed by atoms with Gasteiger partial charge in [-0.2, -0.15) is 13.2 Å². The first-order valence-electron chi connectivity index (χ1n) is 9.28. The van der Waals surface area contributed by atoms with Crippen LogP contribution in [0.3, 0.4) is 0 Å². The van der Waals surface area contributed by atoms with E-state index in [2.05, 4.69) is 5.32 Å². The van der Waals surface area contributed by atoms with Gasteiger partial charge >= 0.3 is 6.18 Å². The highest BCUT2D eigenvalue weighted by Gasteiger charge is 2.31. The number of rotatable bonds is 6. The number of methoxy groups -OCH3 is 1. The van der Waals surface area contributed by atoms with Crippen molar-refractivity contribution in [3.05, 3.63) is 82.3 Å². The third kappa shape index (κ3) is 5.00. The molecule has 0 unspecified atom stereocenters. The van der Waals surface area contributed by atoms with E-state index < -0.39 is 38.9 Å². The van der Waals surface area contributed by atoms with Crippen LogP contribution in [0.5, 0.6) is 5.75 Å². The minimum absolute atomic E-state index is 0.0642. The normalized spacial score (nSPS) is 11.7. The Morgan fingerprint density at radius 2 is 1.73 bits per heavy atom. The zero-order valence-electron chi connectivity index (χ0n) is 17.3. The second-order valence-electron chi connectivity index (χ2n) is 6.75. The Morgan fingerprint density at radius 3 is 2.33 bits per heavy atom. The maximum absolute atomic E-state index is 13.0. The zero-order valence-corrected chi connectivity index (χ0v) is 18.1. The van der Waals surface area contributed by atoms with Gasteiger partial charge in [-0.15, -0.1) is 0 Å². The summed E-state index contributed by atoms with van der Waals surface area (Å²) in [5.74, 6) is -0.548. The van der Waals surface area contributed by atoms with Gasteiger partial charge in [0.15, 0.2) is 0 Å². The highest BCUT2D eigenvalue weighted by molar-refractivity contribution is 7.92. The molecule has 1 amide bonds. The molecule has 12 heteroatoms. The maximum Gasteiger partial charge on any atom is 0.417 e. The zero-order chi connectivity index (χ0) is 24.4. The minimum Gasteiger partial charge on any atom is -0.495 e. The summed E-state index contributed by atoms with van der Waals surface area (Å²) in [6.07, 6.45) is -4.22. The summed E-state index contributed by atoms with van der Waals surface area (Å²) in [4.78, 5) is 26.0. The average molecular weight is 481 g/mol. The van der Waals surface area contributed by atoms with Gasteiger partial charge in [-0.05, 0) is 42.5 Å². The lowest BCUT2D eigenvalue weighted by Gasteiger charge is -2.21. The molecule has 0 aliphatic rings. The number of para-hydroxylation sites is 2. The number of amides is 1. The number of pyridine rings is 1. The first kappa shape index (κ1) is 23.9. The maximum atomic E-state index is 13.0. The van der Waals surface area contributed by atoms with Crippen molar-refractivity contribution in [1.29, 1.82) is 0 Å². The molecule has 0 bridgehead atoms. The number of aromatic amines is 1. The van der Waals surface area contributed by atoms with E-state index >= 15 is 0 Å². The quantitative estimate of drug-likeness (QED) is 0.561. The number of H-pyrrole nitrogens is 1. The molecule has 8 nitrogen and oxygen atoms in total. The van der Waals surface area contributed by atoms with E-state index in [0.717, 1.165) is 4.31 Å². The largest absolute Gasteiger partial charge is 0.495 e. The number of hydrogen-bond donors (Lipinski definition) is 2. The lowest BCUT2D eigenvalue weighted by molar-refractivity contribution is -0.137. The monoisotopic (exact) mass is 481 g/mol. The standard InChI is InChI=1S/C21H18F3N3O5S/c1-27(17-5-3-4-6-18(17)32-2)33(30,31)15-9-7-13(8-10-15)19(28)26-16-11-14(21(22,23)24)12-25-20(16)29/h3-12H,1-2H3,(H,25,29)(H,26,28). The van der Waals surface area contributed by atoms with Crippen molar-refractivity contribution in [2.24, 2.45) is 0 Å². The second-order valence-corrected chi connectivity index (χ2v) is 8.72. The summed E-state index contributed by atoms with van der Waals surface area (Å²) < 4.78 is 70.7. The molecule has 0 aliphatic carbocycles. The lowest BCUT2D eigenvalue weighted by atomic mass is 10.2. The van der Waals surface area contributed by atoms with Crippen molar-refractivity contribution >= 4 is 27.3 Å². The predicted molar refractivity (Wildman–Crippen MR) is 115 cm³/mol. The Bertz CT molecular complexity index is 1340. The van der Waals surface area contributed by atoms with E-state index in [1.165, 1.54) is 38.4 Å². The summed E-state index contributed by atoms with van der Waals surface area (Å²) >= 11 is 0. The van der Waals surface area contributed by atoms with Crippen LogP contribution in [0, 0.1) is 0 Å². The topological polar surface area (TPSA) is 109 Å². The number of benzene rings is 2. The molecule has 33 heavy (non-hydrogen) atoms. The van der Waals surface area contributed by atoms with E-state index in [0.29, 0.717) is 23.7 Å². The molecule has 2 N–H and O–H groups in total. The van der Waals surface area contributed by atoms with Crippen LogP contribution in [0.15, 0.2) is 70.5 Å². The van der Waals surface area contributed by atoms with Crippen molar-refractivity contribution < 1.29 is 31.1 Å². The summed E-state index contributed by atoms with van der Waals surface area (Å²) in [5.41, 5.74) is -2.43. The Morgan fingerprint density at radius 1 is 1.09 bits per heavy atom. The molecule has 0 aliphatic heterocycles. The van der Waals surface area contributed by atoms with Crippen LogP contribution in [-0.2, 0) is 16.2 Å². The van der Waals surface area contributed by atoms with Crippen LogP contribution in [0.1, 0.15) is 15.9 Å². The van der Waals surface area contributed by atoms with Crippen LogP contribution in [0.2, 0.25) is 0 Å². The number of nitrogens with zero attached hydrogens (tertiary/aromatic N) is 1. The first-order chi connectivity index (χ1) is 15.4. The molecular formula is C21H18F3N3O5S. The fourth-order valence-electron chi connectivity index (χ4n) is 2.89. The van der Waals surface area contributed by atoms with Crippen LogP contribution < -0.4 is 19.9 Å². The second kappa shape index (κ2) is 8.98. The van der Waals surface area contributed by atoms with Crippen molar-refractivity contribution in [3.63, 3.8) is 0 Å². The first-order valence-corrected chi connectivity index (χ1v) is 10.7. The smallest absolute Gasteiger partial charge is 0.417 e. The molecule has 1 aromatic heterocycles. The summed E-state index contributed by atoms with van der Waals surface area (Å²) in [6.45, 7) is 0. The van der Waals surface area contributed by atoms with Gasteiger partial charge in [-0.3, -0.25) is 13.9 Å². The van der Waals surface area contributed by atoms with E-state index in [4.69, 9.17) is 4.74 Å². The van der Waals surface area contributed by atoms with Crippen LogP contribution in [-0.4, -0.2) is 33.5 Å². The fourth-order valence-corrected chi connectivity index (χ4v) is 4.10. The van der Waals surface area contributed by atoms with Gasteiger partial charge in [0, 0.05) is 18.8 Å². The van der Waals surface area contributed by atoms with Gasteiger partial charge in [0.25, 0.3) is 21.5 Å². The van der Waals surface area contributed by atoms with Gasteiger partial charge in [-0.1, -0.05) is 12.1 Å². The fraction of sp³-hybridized carbons (Fsp3) is 0.143. The van der Waals surface area contributed by atoms with Crippen LogP contribution >= 0.6 is 0 Å². The number of sulfonamides is 1. The molecule has 3 rings (SSSR count). The third-order valence-corrected chi connectivity index (χ3v) is 6.46. The number of anilines is 2. The summed E-state index contributed by atoms with van der Waals surface area (Å²) in [6, 6.07) is 11.7. The van der Waals surface area contributed by atoms with Gasteiger partial charge in [0.1, 0.15) is 11.4 Å². The Labute approximate surface area is 186 Å². The number of nitrogens with one attached hydrogen (secondary N) is 2. The highest BCUT2D eigenvalue weighted by atomic mass is 32.2. The number of carbonyl (C=O) groups excluding carboxylic acids is 1. The van der Waals surface area contributed by atoms with Crippen LogP contribution in [0.4, 0.5) is 24.5 Å². The number of hydrogen-bond acceptors (Lipinski definition) is 5. The van der Waals surface area contributed by atoms with Crippen molar-refractivity contribution in [3.8, 4) is 5.75 Å². The molecule has 0 saturated carbocycles. The molecule has 0 atom stereocenters. The Hall–Kier alpha value is -3.80. The molecule has 0 spiro atoms. The predicted octanol–water partition coefficient (Wildman–Crippen LogP) is 3.48. The Kier molecular flexibility index (Phi) is 6.49. The van der Waals surface area contributed by atoms with Gasteiger partial charge in [-0.25, -0.2) is 8.42 Å². The number of halogens is 3. The summed E-state index contributed by atoms with van der Waals surface area (Å²) in [5, 5.41) is 2.10. The highest BCUT2D eigenvalue weighted by Crippen LogP contribution is 2.31. The molecule has 2 aromatic carbocycles. The Balaban J connectivity index is 1.84. The number of carbonyl (C=O) groups is 1. The number of alkyl halides is 3. The molecule has 174 valence electrons. The number of ether oxygens (including phenoxy) is 1. The third-order valence-electron chi connectivity index (χ3n) is 4.68. The van der Waals surface area contributed by atoms with E-state index in [-0.39, 0.29) is 10.5 Å². The molecule has 3 aromatic rings. The molecule has 1 heterocycles. The van der Waals surface area contributed by atoms with Crippen molar-refractivity contribution in [1.82, 2.24) is 4.98 Å². The van der Waals surface area contributed by atoms with E-state index in [9.17, 15) is 31.2 Å². The lowest BCUT2D eigenvalue weighted by Crippen LogP contribution is -2.27.